The highest BCUT2D eigenvalue weighted by Crippen LogP contribution is 2.20. The number of nitrogens with one attached hydrogen (secondary N) is 2. The number of likely N-dealkylation sites (tertiary alicyclic amines) is 1. The number of piperidine rings is 1. The second kappa shape index (κ2) is 7.25. The molecule has 7 nitrogen and oxygen atoms in total. The fraction of sp³-hybridized carbons (Fsp3) is 0.294. The number of H-pyrrole nitrogens is 1. The van der Waals surface area contributed by atoms with Gasteiger partial charge in [0.2, 0.25) is 5.91 Å². The van der Waals surface area contributed by atoms with Crippen molar-refractivity contribution < 1.29 is 14.0 Å². The van der Waals surface area contributed by atoms with Crippen molar-refractivity contribution in [3.05, 3.63) is 58.1 Å². The van der Waals surface area contributed by atoms with Gasteiger partial charge in [-0.15, -0.1) is 0 Å². The van der Waals surface area contributed by atoms with Gasteiger partial charge in [0.05, 0.1) is 5.92 Å². The van der Waals surface area contributed by atoms with Gasteiger partial charge in [0.1, 0.15) is 5.82 Å². The van der Waals surface area contributed by atoms with Gasteiger partial charge in [-0.1, -0.05) is 0 Å². The van der Waals surface area contributed by atoms with Crippen molar-refractivity contribution >= 4 is 17.6 Å². The minimum absolute atomic E-state index is 0.223. The van der Waals surface area contributed by atoms with E-state index in [2.05, 4.69) is 15.5 Å². The first kappa shape index (κ1) is 16.8. The molecule has 0 radical (unpaired) electrons. The zero-order valence-electron chi connectivity index (χ0n) is 13.4. The third-order valence-electron chi connectivity index (χ3n) is 4.10. The molecule has 0 saturated carbocycles. The van der Waals surface area contributed by atoms with Crippen LogP contribution in [-0.2, 0) is 4.79 Å². The lowest BCUT2D eigenvalue weighted by Crippen LogP contribution is -2.43. The third-order valence-corrected chi connectivity index (χ3v) is 4.10. The number of carbonyl (C=O) groups is 2. The van der Waals surface area contributed by atoms with Crippen molar-refractivity contribution in [1.82, 2.24) is 15.1 Å². The van der Waals surface area contributed by atoms with Crippen LogP contribution in [0.4, 0.5) is 10.2 Å². The van der Waals surface area contributed by atoms with Crippen LogP contribution < -0.4 is 10.9 Å². The Bertz CT molecular complexity index is 814. The summed E-state index contributed by atoms with van der Waals surface area (Å²) in [5.74, 6) is -0.991. The highest BCUT2D eigenvalue weighted by Gasteiger charge is 2.29. The van der Waals surface area contributed by atoms with Crippen molar-refractivity contribution in [1.29, 1.82) is 0 Å². The fourth-order valence-corrected chi connectivity index (χ4v) is 2.79. The molecule has 1 aliphatic rings. The molecule has 25 heavy (non-hydrogen) atoms. The van der Waals surface area contributed by atoms with Crippen molar-refractivity contribution in [2.45, 2.75) is 12.8 Å². The summed E-state index contributed by atoms with van der Waals surface area (Å²) in [7, 11) is 0. The van der Waals surface area contributed by atoms with E-state index in [1.54, 1.807) is 4.90 Å². The Kier molecular flexibility index (Phi) is 4.87. The van der Waals surface area contributed by atoms with Gasteiger partial charge >= 0.3 is 0 Å². The molecule has 8 heteroatoms. The summed E-state index contributed by atoms with van der Waals surface area (Å²) < 4.78 is 13.0. The van der Waals surface area contributed by atoms with E-state index < -0.39 is 5.82 Å². The van der Waals surface area contributed by atoms with E-state index in [1.807, 2.05) is 0 Å². The number of aromatic amines is 1. The minimum Gasteiger partial charge on any atom is -0.338 e. The number of hydrogen-bond donors (Lipinski definition) is 2. The largest absolute Gasteiger partial charge is 0.338 e. The molecule has 1 atom stereocenters. The second-order valence-electron chi connectivity index (χ2n) is 5.89. The SMILES string of the molecule is O=C(Nc1ccc(=O)[nH]n1)C1CCCN(C(=O)c2ccc(F)cc2)C1. The number of rotatable bonds is 3. The first-order valence-corrected chi connectivity index (χ1v) is 7.94. The molecule has 2 amide bonds. The summed E-state index contributed by atoms with van der Waals surface area (Å²) >= 11 is 0. The van der Waals surface area contributed by atoms with E-state index in [9.17, 15) is 18.8 Å². The van der Waals surface area contributed by atoms with Gasteiger partial charge in [-0.25, -0.2) is 9.49 Å². The van der Waals surface area contributed by atoms with Crippen molar-refractivity contribution in [2.24, 2.45) is 5.92 Å². The number of aromatic nitrogens is 2. The van der Waals surface area contributed by atoms with Crippen LogP contribution in [0.1, 0.15) is 23.2 Å². The number of halogens is 1. The fourth-order valence-electron chi connectivity index (χ4n) is 2.79. The van der Waals surface area contributed by atoms with Gasteiger partial charge in [-0.2, -0.15) is 5.10 Å². The second-order valence-corrected chi connectivity index (χ2v) is 5.89. The monoisotopic (exact) mass is 344 g/mol. The number of carbonyl (C=O) groups excluding carboxylic acids is 2. The van der Waals surface area contributed by atoms with Crippen LogP contribution in [-0.4, -0.2) is 40.0 Å². The Morgan fingerprint density at radius 1 is 1.20 bits per heavy atom. The molecule has 3 rings (SSSR count). The van der Waals surface area contributed by atoms with Gasteiger partial charge in [0.15, 0.2) is 5.82 Å². The van der Waals surface area contributed by atoms with Crippen molar-refractivity contribution in [2.75, 3.05) is 18.4 Å². The number of hydrogen-bond acceptors (Lipinski definition) is 4. The first-order chi connectivity index (χ1) is 12.0. The van der Waals surface area contributed by atoms with Crippen molar-refractivity contribution in [3.8, 4) is 0 Å². The molecule has 1 aliphatic heterocycles. The Morgan fingerprint density at radius 2 is 1.96 bits per heavy atom. The Labute approximate surface area is 142 Å². The lowest BCUT2D eigenvalue weighted by atomic mass is 9.96. The number of benzene rings is 1. The topological polar surface area (TPSA) is 95.2 Å². The average Bonchev–Trinajstić information content (AvgIpc) is 2.64. The molecule has 2 heterocycles. The summed E-state index contributed by atoms with van der Waals surface area (Å²) in [6.07, 6.45) is 1.35. The number of nitrogens with zero attached hydrogens (tertiary/aromatic N) is 2. The zero-order valence-corrected chi connectivity index (χ0v) is 13.4. The van der Waals surface area contributed by atoms with Crippen LogP contribution in [0.15, 0.2) is 41.2 Å². The maximum atomic E-state index is 13.0. The molecular formula is C17H17FN4O3. The lowest BCUT2D eigenvalue weighted by molar-refractivity contribution is -0.121. The average molecular weight is 344 g/mol. The molecule has 1 aromatic carbocycles. The predicted molar refractivity (Wildman–Crippen MR) is 88.5 cm³/mol. The zero-order chi connectivity index (χ0) is 17.8. The third kappa shape index (κ3) is 4.09. The normalized spacial score (nSPS) is 17.2. The molecule has 2 aromatic rings. The smallest absolute Gasteiger partial charge is 0.264 e. The van der Waals surface area contributed by atoms with Gasteiger partial charge in [0, 0.05) is 24.7 Å². The van der Waals surface area contributed by atoms with Crippen LogP contribution in [0.25, 0.3) is 0 Å². The van der Waals surface area contributed by atoms with E-state index in [1.165, 1.54) is 36.4 Å². The molecule has 0 aliphatic carbocycles. The van der Waals surface area contributed by atoms with Gasteiger partial charge in [0.25, 0.3) is 11.5 Å². The molecule has 1 aromatic heterocycles. The quantitative estimate of drug-likeness (QED) is 0.880. The Hall–Kier alpha value is -3.03. The molecular weight excluding hydrogens is 327 g/mol. The van der Waals surface area contributed by atoms with E-state index in [0.717, 1.165) is 0 Å². The Balaban J connectivity index is 1.64. The van der Waals surface area contributed by atoms with E-state index in [4.69, 9.17) is 0 Å². The Morgan fingerprint density at radius 3 is 2.64 bits per heavy atom. The van der Waals surface area contributed by atoms with Crippen LogP contribution in [0.5, 0.6) is 0 Å². The number of amides is 2. The molecule has 130 valence electrons. The molecule has 0 bridgehead atoms. The van der Waals surface area contributed by atoms with Crippen LogP contribution in [0, 0.1) is 11.7 Å². The lowest BCUT2D eigenvalue weighted by Gasteiger charge is -2.32. The summed E-state index contributed by atoms with van der Waals surface area (Å²) in [6.45, 7) is 0.836. The molecule has 0 spiro atoms. The van der Waals surface area contributed by atoms with Gasteiger partial charge in [-0.3, -0.25) is 14.4 Å². The van der Waals surface area contributed by atoms with Crippen molar-refractivity contribution in [3.63, 3.8) is 0 Å². The van der Waals surface area contributed by atoms with Crippen LogP contribution >= 0.6 is 0 Å². The summed E-state index contributed by atoms with van der Waals surface area (Å²) in [5, 5.41) is 8.62. The van der Waals surface area contributed by atoms with Crippen LogP contribution in [0.3, 0.4) is 0 Å². The molecule has 1 unspecified atom stereocenters. The summed E-state index contributed by atoms with van der Waals surface area (Å²) in [4.78, 5) is 37.4. The highest BCUT2D eigenvalue weighted by atomic mass is 19.1. The van der Waals surface area contributed by atoms with E-state index in [0.29, 0.717) is 24.9 Å². The minimum atomic E-state index is -0.402. The standard InChI is InChI=1S/C17H17FN4O3/c18-13-5-3-11(4-6-13)17(25)22-9-1-2-12(10-22)16(24)19-14-7-8-15(23)21-20-14/h3-8,12H,1-2,9-10H2,(H,21,23)(H,19,20,24). The van der Waals surface area contributed by atoms with Gasteiger partial charge < -0.3 is 10.2 Å². The summed E-state index contributed by atoms with van der Waals surface area (Å²) in [5.41, 5.74) is 0.0384. The maximum Gasteiger partial charge on any atom is 0.264 e. The highest BCUT2D eigenvalue weighted by molar-refractivity contribution is 5.96. The van der Waals surface area contributed by atoms with E-state index in [-0.39, 0.29) is 35.7 Å². The molecule has 1 saturated heterocycles. The molecule has 2 N–H and O–H groups in total. The van der Waals surface area contributed by atoms with E-state index >= 15 is 0 Å². The maximum absolute atomic E-state index is 13.0. The van der Waals surface area contributed by atoms with Crippen LogP contribution in [0.2, 0.25) is 0 Å². The van der Waals surface area contributed by atoms with Gasteiger partial charge in [-0.05, 0) is 43.2 Å². The number of anilines is 1. The molecule has 1 fully saturated rings. The summed E-state index contributed by atoms with van der Waals surface area (Å²) in [6, 6.07) is 8.04. The predicted octanol–water partition coefficient (Wildman–Crippen LogP) is 1.40. The first-order valence-electron chi connectivity index (χ1n) is 7.94.